The van der Waals surface area contributed by atoms with Gasteiger partial charge < -0.3 is 20.4 Å². The summed E-state index contributed by atoms with van der Waals surface area (Å²) in [6.45, 7) is 2.83. The molecule has 0 radical (unpaired) electrons. The van der Waals surface area contributed by atoms with Crippen molar-refractivity contribution in [3.8, 4) is 23.0 Å². The number of carbonyl (C=O) groups is 1. The Bertz CT molecular complexity index is 715. The van der Waals surface area contributed by atoms with Crippen LogP contribution in [0.1, 0.15) is 31.6 Å². The average Bonchev–Trinajstić information content (AvgIpc) is 2.68. The number of rotatable bonds is 10. The van der Waals surface area contributed by atoms with Crippen LogP contribution >= 0.6 is 8.58 Å². The summed E-state index contributed by atoms with van der Waals surface area (Å²) >= 11 is 0. The van der Waals surface area contributed by atoms with Gasteiger partial charge in [-0.25, -0.2) is 0 Å². The maximum atomic E-state index is 12.8. The van der Waals surface area contributed by atoms with Crippen LogP contribution in [-0.4, -0.2) is 33.5 Å². The molecule has 2 rings (SSSR count). The molecule has 1 unspecified atom stereocenters. The molecule has 0 amide bonds. The number of hydrogen-bond donors (Lipinski definition) is 0. The molecule has 1 atom stereocenters. The Hall–Kier alpha value is -1.66. The van der Waals surface area contributed by atoms with Crippen molar-refractivity contribution in [1.29, 1.82) is 0 Å². The van der Waals surface area contributed by atoms with Crippen LogP contribution in [0.3, 0.4) is 0 Å². The zero-order valence-electron chi connectivity index (χ0n) is 17.6. The zero-order chi connectivity index (χ0) is 18.9. The van der Waals surface area contributed by atoms with Crippen molar-refractivity contribution in [3.05, 3.63) is 42.0 Å². The van der Waals surface area contributed by atoms with E-state index in [0.717, 1.165) is 23.9 Å². The summed E-state index contributed by atoms with van der Waals surface area (Å²) in [4.78, 5) is 12.8. The molecule has 0 aliphatic heterocycles. The van der Waals surface area contributed by atoms with Crippen LogP contribution < -0.4 is 43.1 Å². The smallest absolute Gasteiger partial charge is 1.00 e. The molecule has 0 aromatic heterocycles. The van der Waals surface area contributed by atoms with Crippen LogP contribution in [0.4, 0.5) is 0 Å². The molecule has 2 aromatic rings. The van der Waals surface area contributed by atoms with E-state index in [2.05, 4.69) is 6.92 Å². The van der Waals surface area contributed by atoms with Gasteiger partial charge in [-0.05, 0) is 32.4 Å². The minimum absolute atomic E-state index is 0. The summed E-state index contributed by atoms with van der Waals surface area (Å²) in [7, 11) is 4.56. The first-order valence-electron chi connectivity index (χ1n) is 8.47. The van der Waals surface area contributed by atoms with Gasteiger partial charge in [-0.2, -0.15) is 0 Å². The van der Waals surface area contributed by atoms with Gasteiger partial charge in [-0.15, -0.1) is 0 Å². The molecule has 2 aromatic carbocycles. The van der Waals surface area contributed by atoms with Crippen molar-refractivity contribution in [2.24, 2.45) is 0 Å². The Labute approximate surface area is 176 Å². The summed E-state index contributed by atoms with van der Waals surface area (Å²) in [5.74, 6) is 2.28. The topological polar surface area (TPSA) is 54.0 Å². The zero-order valence-corrected chi connectivity index (χ0v) is 17.6. The number of unbranched alkanes of at least 4 members (excludes halogenated alkanes) is 1. The number of carbonyl (C=O) groups excluding carboxylic acids is 1. The van der Waals surface area contributed by atoms with Crippen molar-refractivity contribution in [2.75, 3.05) is 27.9 Å². The molecule has 0 aliphatic rings. The predicted molar refractivity (Wildman–Crippen MR) is 106 cm³/mol. The fourth-order valence-electron chi connectivity index (χ4n) is 2.39. The van der Waals surface area contributed by atoms with Crippen molar-refractivity contribution in [1.82, 2.24) is 0 Å². The molecule has 0 spiro atoms. The minimum Gasteiger partial charge on any atom is -1.00 e. The van der Waals surface area contributed by atoms with Gasteiger partial charge in [0.25, 0.3) is 0 Å². The molecule has 5 nitrogen and oxygen atoms in total. The molecule has 27 heavy (non-hydrogen) atoms. The number of benzene rings is 2. The van der Waals surface area contributed by atoms with Crippen LogP contribution in [0.15, 0.2) is 36.4 Å². The van der Waals surface area contributed by atoms with Gasteiger partial charge >= 0.3 is 18.9 Å². The number of hydrogen-bond acceptors (Lipinski definition) is 5. The van der Waals surface area contributed by atoms with Crippen molar-refractivity contribution >= 4 is 19.4 Å². The monoisotopic (exact) mass is 384 g/mol. The first-order chi connectivity index (χ1) is 12.6. The maximum Gasteiger partial charge on any atom is 1.00 e. The van der Waals surface area contributed by atoms with Gasteiger partial charge in [0.2, 0.25) is 0 Å². The van der Waals surface area contributed by atoms with E-state index in [1.165, 1.54) is 14.2 Å². The summed E-state index contributed by atoms with van der Waals surface area (Å²) in [5, 5.41) is 0.928. The fraction of sp³-hybridized carbons (Fsp3) is 0.350. The van der Waals surface area contributed by atoms with Crippen LogP contribution in [-0.2, 0) is 0 Å². The first kappa shape index (κ1) is 23.4. The van der Waals surface area contributed by atoms with Crippen LogP contribution in [0.25, 0.3) is 0 Å². The predicted octanol–water partition coefficient (Wildman–Crippen LogP) is 1.15. The van der Waals surface area contributed by atoms with E-state index in [9.17, 15) is 4.79 Å². The standard InChI is InChI=1S/C20H25O5P.Li.H/c1-5-6-11-25-14-7-9-16(10-8-14)26-20(21)19-17(23-3)12-15(22-2)13-18(19)24-4;;/h7-10,12-13,26H,5-6,11H2,1-4H3;;/q;+1;-1. The quantitative estimate of drug-likeness (QED) is 0.350. The minimum atomic E-state index is -0.0546. The van der Waals surface area contributed by atoms with Crippen molar-refractivity contribution in [3.63, 3.8) is 0 Å². The molecule has 0 aliphatic carbocycles. The Morgan fingerprint density at radius 3 is 2.04 bits per heavy atom. The second kappa shape index (κ2) is 11.9. The molecule has 0 saturated carbocycles. The van der Waals surface area contributed by atoms with Gasteiger partial charge in [0.1, 0.15) is 28.6 Å². The Balaban J connectivity index is 0.00000364. The second-order valence-corrected chi connectivity index (χ2v) is 6.87. The number of ether oxygens (including phenoxy) is 4. The third-order valence-electron chi connectivity index (χ3n) is 3.82. The van der Waals surface area contributed by atoms with Crippen molar-refractivity contribution < 1.29 is 44.0 Å². The van der Waals surface area contributed by atoms with Gasteiger partial charge in [-0.1, -0.05) is 25.5 Å². The van der Waals surface area contributed by atoms with Gasteiger partial charge in [0.15, 0.2) is 5.52 Å². The van der Waals surface area contributed by atoms with Gasteiger partial charge in [0.05, 0.1) is 27.9 Å². The van der Waals surface area contributed by atoms with E-state index in [4.69, 9.17) is 18.9 Å². The number of methoxy groups -OCH3 is 3. The molecule has 0 fully saturated rings. The summed E-state index contributed by atoms with van der Waals surface area (Å²) in [5.41, 5.74) is 0.374. The molecular weight excluding hydrogens is 358 g/mol. The first-order valence-corrected chi connectivity index (χ1v) is 9.47. The largest absolute Gasteiger partial charge is 1.00 e. The maximum absolute atomic E-state index is 12.8. The molecule has 7 heteroatoms. The third kappa shape index (κ3) is 6.47. The molecule has 0 saturated heterocycles. The van der Waals surface area contributed by atoms with E-state index < -0.39 is 0 Å². The van der Waals surface area contributed by atoms with E-state index >= 15 is 0 Å². The average molecular weight is 384 g/mol. The van der Waals surface area contributed by atoms with Crippen LogP contribution in [0.2, 0.25) is 0 Å². The SMILES string of the molecule is CCCCOc1ccc(PC(=O)c2c(OC)cc(OC)cc2OC)cc1.[H-].[Li+]. The van der Waals surface area contributed by atoms with E-state index in [1.807, 2.05) is 24.3 Å². The van der Waals surface area contributed by atoms with Crippen molar-refractivity contribution in [2.45, 2.75) is 19.8 Å². The molecule has 0 N–H and O–H groups in total. The van der Waals surface area contributed by atoms with E-state index in [-0.39, 0.29) is 34.4 Å². The Morgan fingerprint density at radius 2 is 1.56 bits per heavy atom. The molecular formula is C20H26LiO5P. The van der Waals surface area contributed by atoms with Crippen LogP contribution in [0.5, 0.6) is 23.0 Å². The second-order valence-electron chi connectivity index (χ2n) is 5.59. The molecule has 142 valence electrons. The molecule has 0 bridgehead atoms. The summed E-state index contributed by atoms with van der Waals surface area (Å²) in [6.07, 6.45) is 2.12. The molecule has 0 heterocycles. The summed E-state index contributed by atoms with van der Waals surface area (Å²) < 4.78 is 21.6. The van der Waals surface area contributed by atoms with Gasteiger partial charge in [0, 0.05) is 12.1 Å². The van der Waals surface area contributed by atoms with Crippen LogP contribution in [0, 0.1) is 0 Å². The Morgan fingerprint density at radius 1 is 0.963 bits per heavy atom. The Kier molecular flexibility index (Phi) is 10.3. The van der Waals surface area contributed by atoms with E-state index in [0.29, 0.717) is 29.4 Å². The normalized spacial score (nSPS) is 10.4. The summed E-state index contributed by atoms with van der Waals surface area (Å²) in [6, 6.07) is 11.0. The van der Waals surface area contributed by atoms with E-state index in [1.54, 1.807) is 19.2 Å². The fourth-order valence-corrected chi connectivity index (χ4v) is 3.36. The van der Waals surface area contributed by atoms with Gasteiger partial charge in [-0.3, -0.25) is 4.79 Å². The third-order valence-corrected chi connectivity index (χ3v) is 4.92.